The lowest BCUT2D eigenvalue weighted by molar-refractivity contribution is -0.122. The number of carbonyl (C=O) groups excluding carboxylic acids is 3. The molecule has 1 aliphatic heterocycles. The van der Waals surface area contributed by atoms with E-state index in [4.69, 9.17) is 5.73 Å². The molecular formula is C21H23FN4O3. The number of nitrogens with one attached hydrogen (secondary N) is 2. The van der Waals surface area contributed by atoms with Gasteiger partial charge in [0.1, 0.15) is 5.82 Å². The number of hydrogen-bond acceptors (Lipinski definition) is 4. The van der Waals surface area contributed by atoms with Gasteiger partial charge in [-0.15, -0.1) is 0 Å². The number of amides is 3. The highest BCUT2D eigenvalue weighted by molar-refractivity contribution is 5.99. The van der Waals surface area contributed by atoms with Crippen LogP contribution in [0.25, 0.3) is 0 Å². The molecule has 3 amide bonds. The number of benzene rings is 2. The van der Waals surface area contributed by atoms with Crippen molar-refractivity contribution in [2.24, 2.45) is 5.73 Å². The SMILES string of the molecule is NC(=O)C1CCCN1Cc1cccc(NC(=O)CNC(=O)c2ccc(F)cc2)c1. The fourth-order valence-electron chi connectivity index (χ4n) is 3.39. The molecule has 29 heavy (non-hydrogen) atoms. The van der Waals surface area contributed by atoms with Crippen LogP contribution in [-0.4, -0.2) is 41.8 Å². The number of carbonyl (C=O) groups is 3. The molecule has 2 aromatic carbocycles. The first-order valence-corrected chi connectivity index (χ1v) is 9.38. The van der Waals surface area contributed by atoms with Crippen LogP contribution in [0.2, 0.25) is 0 Å². The molecule has 2 aromatic rings. The molecule has 7 nitrogen and oxygen atoms in total. The second kappa shape index (κ2) is 9.29. The molecule has 1 saturated heterocycles. The summed E-state index contributed by atoms with van der Waals surface area (Å²) in [6, 6.07) is 12.1. The van der Waals surface area contributed by atoms with Crippen LogP contribution in [0.3, 0.4) is 0 Å². The number of nitrogens with two attached hydrogens (primary N) is 1. The number of halogens is 1. The zero-order valence-electron chi connectivity index (χ0n) is 15.9. The van der Waals surface area contributed by atoms with Crippen LogP contribution < -0.4 is 16.4 Å². The van der Waals surface area contributed by atoms with Gasteiger partial charge in [0.2, 0.25) is 11.8 Å². The third-order valence-corrected chi connectivity index (χ3v) is 4.80. The molecule has 0 bridgehead atoms. The zero-order valence-corrected chi connectivity index (χ0v) is 15.9. The Hall–Kier alpha value is -3.26. The first-order chi connectivity index (χ1) is 13.9. The molecule has 0 saturated carbocycles. The van der Waals surface area contributed by atoms with Crippen molar-refractivity contribution < 1.29 is 18.8 Å². The first kappa shape index (κ1) is 20.5. The molecule has 1 fully saturated rings. The summed E-state index contributed by atoms with van der Waals surface area (Å²) >= 11 is 0. The van der Waals surface area contributed by atoms with Crippen LogP contribution in [0.5, 0.6) is 0 Å². The smallest absolute Gasteiger partial charge is 0.251 e. The number of hydrogen-bond donors (Lipinski definition) is 3. The van der Waals surface area contributed by atoms with Crippen molar-refractivity contribution in [3.63, 3.8) is 0 Å². The highest BCUT2D eigenvalue weighted by atomic mass is 19.1. The van der Waals surface area contributed by atoms with Crippen LogP contribution in [0.15, 0.2) is 48.5 Å². The van der Waals surface area contributed by atoms with E-state index >= 15 is 0 Å². The largest absolute Gasteiger partial charge is 0.368 e. The molecule has 0 radical (unpaired) electrons. The summed E-state index contributed by atoms with van der Waals surface area (Å²) in [5.41, 5.74) is 7.27. The van der Waals surface area contributed by atoms with Crippen molar-refractivity contribution in [1.82, 2.24) is 10.2 Å². The Labute approximate surface area is 168 Å². The molecule has 1 unspecified atom stereocenters. The third kappa shape index (κ3) is 5.61. The van der Waals surface area contributed by atoms with E-state index in [-0.39, 0.29) is 30.0 Å². The van der Waals surface area contributed by atoms with Gasteiger partial charge in [-0.25, -0.2) is 4.39 Å². The fraction of sp³-hybridized carbons (Fsp3) is 0.286. The van der Waals surface area contributed by atoms with Crippen molar-refractivity contribution in [2.75, 3.05) is 18.4 Å². The molecule has 152 valence electrons. The highest BCUT2D eigenvalue weighted by Gasteiger charge is 2.28. The monoisotopic (exact) mass is 398 g/mol. The van der Waals surface area contributed by atoms with Gasteiger partial charge in [0.25, 0.3) is 5.91 Å². The van der Waals surface area contributed by atoms with E-state index in [1.807, 2.05) is 23.1 Å². The van der Waals surface area contributed by atoms with Crippen LogP contribution >= 0.6 is 0 Å². The average Bonchev–Trinajstić information content (AvgIpc) is 3.15. The average molecular weight is 398 g/mol. The Morgan fingerprint density at radius 2 is 1.90 bits per heavy atom. The summed E-state index contributed by atoms with van der Waals surface area (Å²) in [6.45, 7) is 1.16. The van der Waals surface area contributed by atoms with Crippen LogP contribution in [0, 0.1) is 5.82 Å². The minimum atomic E-state index is -0.458. The van der Waals surface area contributed by atoms with Gasteiger partial charge in [-0.3, -0.25) is 19.3 Å². The van der Waals surface area contributed by atoms with Crippen molar-refractivity contribution >= 4 is 23.4 Å². The minimum absolute atomic E-state index is 0.212. The van der Waals surface area contributed by atoms with Gasteiger partial charge in [0.15, 0.2) is 0 Å². The lowest BCUT2D eigenvalue weighted by atomic mass is 10.1. The number of rotatable bonds is 7. The Kier molecular flexibility index (Phi) is 6.56. The summed E-state index contributed by atoms with van der Waals surface area (Å²) < 4.78 is 12.9. The van der Waals surface area contributed by atoms with E-state index in [0.29, 0.717) is 12.2 Å². The quantitative estimate of drug-likeness (QED) is 0.659. The number of anilines is 1. The minimum Gasteiger partial charge on any atom is -0.368 e. The topological polar surface area (TPSA) is 105 Å². The van der Waals surface area contributed by atoms with Crippen LogP contribution in [0.4, 0.5) is 10.1 Å². The molecule has 8 heteroatoms. The summed E-state index contributed by atoms with van der Waals surface area (Å²) in [4.78, 5) is 37.7. The lowest BCUT2D eigenvalue weighted by Gasteiger charge is -2.22. The van der Waals surface area contributed by atoms with E-state index in [2.05, 4.69) is 10.6 Å². The van der Waals surface area contributed by atoms with Crippen molar-refractivity contribution in [3.8, 4) is 0 Å². The van der Waals surface area contributed by atoms with Crippen molar-refractivity contribution in [2.45, 2.75) is 25.4 Å². The van der Waals surface area contributed by atoms with Gasteiger partial charge in [-0.1, -0.05) is 12.1 Å². The standard InChI is InChI=1S/C21H23FN4O3/c22-16-8-6-15(7-9-16)21(29)24-12-19(27)25-17-4-1-3-14(11-17)13-26-10-2-5-18(26)20(23)28/h1,3-4,6-9,11,18H,2,5,10,12-13H2,(H2,23,28)(H,24,29)(H,25,27). The second-order valence-electron chi connectivity index (χ2n) is 6.97. The summed E-state index contributed by atoms with van der Waals surface area (Å²) in [6.07, 6.45) is 1.69. The molecule has 1 atom stereocenters. The van der Waals surface area contributed by atoms with Gasteiger partial charge in [-0.05, 0) is 61.3 Å². The van der Waals surface area contributed by atoms with Crippen molar-refractivity contribution in [3.05, 3.63) is 65.5 Å². The number of primary amides is 1. The maximum Gasteiger partial charge on any atom is 0.251 e. The van der Waals surface area contributed by atoms with Crippen LogP contribution in [0.1, 0.15) is 28.8 Å². The molecule has 4 N–H and O–H groups in total. The predicted molar refractivity (Wildman–Crippen MR) is 106 cm³/mol. The van der Waals surface area contributed by atoms with Gasteiger partial charge in [-0.2, -0.15) is 0 Å². The third-order valence-electron chi connectivity index (χ3n) is 4.80. The lowest BCUT2D eigenvalue weighted by Crippen LogP contribution is -2.39. The molecule has 1 aliphatic rings. The van der Waals surface area contributed by atoms with Gasteiger partial charge < -0.3 is 16.4 Å². The Balaban J connectivity index is 1.53. The highest BCUT2D eigenvalue weighted by Crippen LogP contribution is 2.21. The van der Waals surface area contributed by atoms with E-state index < -0.39 is 11.7 Å². The summed E-state index contributed by atoms with van der Waals surface area (Å²) in [7, 11) is 0. The van der Waals surface area contributed by atoms with E-state index in [1.165, 1.54) is 24.3 Å². The van der Waals surface area contributed by atoms with Gasteiger partial charge in [0, 0.05) is 17.8 Å². The van der Waals surface area contributed by atoms with E-state index in [9.17, 15) is 18.8 Å². The Bertz CT molecular complexity index is 901. The van der Waals surface area contributed by atoms with Gasteiger partial charge >= 0.3 is 0 Å². The maximum atomic E-state index is 12.9. The number of nitrogens with zero attached hydrogens (tertiary/aromatic N) is 1. The normalized spacial score (nSPS) is 16.4. The molecular weight excluding hydrogens is 375 g/mol. The van der Waals surface area contributed by atoms with Gasteiger partial charge in [0.05, 0.1) is 12.6 Å². The van der Waals surface area contributed by atoms with E-state index in [1.54, 1.807) is 6.07 Å². The second-order valence-corrected chi connectivity index (χ2v) is 6.97. The first-order valence-electron chi connectivity index (χ1n) is 9.38. The molecule has 1 heterocycles. The maximum absolute atomic E-state index is 12.9. The summed E-state index contributed by atoms with van der Waals surface area (Å²) in [5.74, 6) is -1.59. The van der Waals surface area contributed by atoms with Crippen LogP contribution in [-0.2, 0) is 16.1 Å². The fourth-order valence-corrected chi connectivity index (χ4v) is 3.39. The summed E-state index contributed by atoms with van der Waals surface area (Å²) in [5, 5.41) is 5.23. The molecule has 0 spiro atoms. The zero-order chi connectivity index (χ0) is 20.8. The Morgan fingerprint density at radius 3 is 2.62 bits per heavy atom. The van der Waals surface area contributed by atoms with Crippen molar-refractivity contribution in [1.29, 1.82) is 0 Å². The number of likely N-dealkylation sites (tertiary alicyclic amines) is 1. The van der Waals surface area contributed by atoms with E-state index in [0.717, 1.165) is 24.9 Å². The Morgan fingerprint density at radius 1 is 1.14 bits per heavy atom. The molecule has 3 rings (SSSR count). The predicted octanol–water partition coefficient (Wildman–Crippen LogP) is 1.64. The molecule has 0 aromatic heterocycles. The molecule has 0 aliphatic carbocycles.